The molecule has 0 aromatic heterocycles. The van der Waals surface area contributed by atoms with E-state index in [1.165, 1.54) is 0 Å². The summed E-state index contributed by atoms with van der Waals surface area (Å²) in [6.45, 7) is 1.92. The third kappa shape index (κ3) is 27.4. The van der Waals surface area contributed by atoms with E-state index in [0.717, 1.165) is 19.3 Å². The molecule has 0 aliphatic rings. The molecule has 0 aromatic rings. The monoisotopic (exact) mass is 673 g/mol. The van der Waals surface area contributed by atoms with Crippen molar-refractivity contribution in [3.63, 3.8) is 0 Å². The van der Waals surface area contributed by atoms with E-state index in [-0.39, 0.29) is 75.1 Å². The zero-order valence-electron chi connectivity index (χ0n) is 27.7. The molecular weight excluding hydrogens is 618 g/mol. The fourth-order valence-electron chi connectivity index (χ4n) is 4.55. The number of ketones is 2. The summed E-state index contributed by atoms with van der Waals surface area (Å²) in [5, 5.41) is 35.0. The number of likely N-dealkylation sites (N-methyl/N-ethyl adjacent to an activating group) is 1. The van der Waals surface area contributed by atoms with Gasteiger partial charge in [-0.2, -0.15) is 0 Å². The lowest BCUT2D eigenvalue weighted by atomic mass is 9.95. The van der Waals surface area contributed by atoms with Gasteiger partial charge in [0.25, 0.3) is 0 Å². The number of carbonyl (C=O) groups excluding carboxylic acids is 4. The lowest BCUT2D eigenvalue weighted by molar-refractivity contribution is -0.144. The molecule has 0 heterocycles. The van der Waals surface area contributed by atoms with Gasteiger partial charge in [0.15, 0.2) is 0 Å². The van der Waals surface area contributed by atoms with Crippen molar-refractivity contribution in [1.29, 1.82) is 0 Å². The molecule has 47 heavy (non-hydrogen) atoms. The predicted molar refractivity (Wildman–Crippen MR) is 171 cm³/mol. The van der Waals surface area contributed by atoms with Gasteiger partial charge < -0.3 is 40.7 Å². The second-order valence-corrected chi connectivity index (χ2v) is 11.4. The van der Waals surface area contributed by atoms with Crippen molar-refractivity contribution < 1.29 is 58.4 Å². The third-order valence-corrected chi connectivity index (χ3v) is 7.34. The molecule has 2 atom stereocenters. The second-order valence-electron chi connectivity index (χ2n) is 11.4. The van der Waals surface area contributed by atoms with Crippen LogP contribution in [0.25, 0.3) is 0 Å². The Morgan fingerprint density at radius 1 is 0.553 bits per heavy atom. The SMILES string of the molecule is CN[C@@H](CCCCNC(=O)CC[C@H](CC(=O)CCC(=O)NCCOCCOCCCC(=O)CCCCCCC(=O)O)C(=O)O)C(=O)O. The van der Waals surface area contributed by atoms with Crippen LogP contribution in [0.2, 0.25) is 0 Å². The number of hydrogen-bond donors (Lipinski definition) is 6. The smallest absolute Gasteiger partial charge is 0.320 e. The van der Waals surface area contributed by atoms with Crippen molar-refractivity contribution in [3.05, 3.63) is 0 Å². The van der Waals surface area contributed by atoms with Crippen molar-refractivity contribution in [2.75, 3.05) is 46.6 Å². The van der Waals surface area contributed by atoms with Gasteiger partial charge in [-0.1, -0.05) is 12.8 Å². The van der Waals surface area contributed by atoms with Crippen LogP contribution in [0, 0.1) is 5.92 Å². The fourth-order valence-corrected chi connectivity index (χ4v) is 4.55. The number of hydrogen-bond acceptors (Lipinski definition) is 10. The number of Topliss-reactive ketones (excluding diaryl/α,β-unsaturated/α-hetero) is 2. The van der Waals surface area contributed by atoms with Crippen LogP contribution >= 0.6 is 0 Å². The minimum absolute atomic E-state index is 0.0159. The van der Waals surface area contributed by atoms with Gasteiger partial charge in [-0.25, -0.2) is 0 Å². The largest absolute Gasteiger partial charge is 0.481 e. The number of ether oxygens (including phenoxy) is 2. The Hall–Kier alpha value is -3.43. The van der Waals surface area contributed by atoms with E-state index in [2.05, 4.69) is 16.0 Å². The summed E-state index contributed by atoms with van der Waals surface area (Å²) in [6.07, 6.45) is 5.82. The number of carboxylic acids is 3. The number of rotatable bonds is 33. The van der Waals surface area contributed by atoms with Crippen LogP contribution in [0.1, 0.15) is 103 Å². The summed E-state index contributed by atoms with van der Waals surface area (Å²) in [6, 6.07) is -0.647. The van der Waals surface area contributed by atoms with Gasteiger partial charge in [0.2, 0.25) is 11.8 Å². The first-order valence-corrected chi connectivity index (χ1v) is 16.5. The summed E-state index contributed by atoms with van der Waals surface area (Å²) in [5.74, 6) is -4.87. The quantitative estimate of drug-likeness (QED) is 0.0548. The van der Waals surface area contributed by atoms with E-state index in [1.807, 2.05) is 0 Å². The third-order valence-electron chi connectivity index (χ3n) is 7.34. The molecule has 0 saturated heterocycles. The van der Waals surface area contributed by atoms with Crippen molar-refractivity contribution >= 4 is 41.3 Å². The molecule has 0 unspecified atom stereocenters. The topological polar surface area (TPSA) is 235 Å². The first-order valence-electron chi connectivity index (χ1n) is 16.5. The highest BCUT2D eigenvalue weighted by atomic mass is 16.5. The van der Waals surface area contributed by atoms with E-state index >= 15 is 0 Å². The van der Waals surface area contributed by atoms with Crippen LogP contribution in [-0.2, 0) is 43.0 Å². The molecule has 6 N–H and O–H groups in total. The highest BCUT2D eigenvalue weighted by Crippen LogP contribution is 2.14. The maximum Gasteiger partial charge on any atom is 0.320 e. The molecule has 0 bridgehead atoms. The van der Waals surface area contributed by atoms with Crippen molar-refractivity contribution in [3.8, 4) is 0 Å². The normalized spacial score (nSPS) is 12.2. The Bertz CT molecular complexity index is 960. The molecule has 2 amide bonds. The zero-order chi connectivity index (χ0) is 35.3. The summed E-state index contributed by atoms with van der Waals surface area (Å²) in [5.41, 5.74) is 0. The minimum atomic E-state index is -1.18. The zero-order valence-corrected chi connectivity index (χ0v) is 27.7. The van der Waals surface area contributed by atoms with Crippen LogP contribution in [0.15, 0.2) is 0 Å². The lowest BCUT2D eigenvalue weighted by Crippen LogP contribution is -2.34. The predicted octanol–water partition coefficient (Wildman–Crippen LogP) is 2.09. The Balaban J connectivity index is 3.83. The van der Waals surface area contributed by atoms with Crippen molar-refractivity contribution in [2.45, 2.75) is 109 Å². The van der Waals surface area contributed by atoms with E-state index in [0.29, 0.717) is 71.3 Å². The van der Waals surface area contributed by atoms with Crippen LogP contribution in [0.5, 0.6) is 0 Å². The lowest BCUT2D eigenvalue weighted by Gasteiger charge is -2.12. The Labute approximate surface area is 276 Å². The van der Waals surface area contributed by atoms with Crippen LogP contribution in [0.3, 0.4) is 0 Å². The van der Waals surface area contributed by atoms with E-state index in [4.69, 9.17) is 19.7 Å². The number of aliphatic carboxylic acids is 3. The Kier molecular flexibility index (Phi) is 26.7. The van der Waals surface area contributed by atoms with Crippen LogP contribution in [-0.4, -0.2) is 109 Å². The van der Waals surface area contributed by atoms with Crippen LogP contribution in [0.4, 0.5) is 0 Å². The maximum absolute atomic E-state index is 12.3. The Morgan fingerprint density at radius 3 is 1.81 bits per heavy atom. The molecule has 15 nitrogen and oxygen atoms in total. The number of unbranched alkanes of at least 4 members (excludes halogenated alkanes) is 4. The molecule has 0 fully saturated rings. The number of amides is 2. The molecule has 0 aliphatic carbocycles. The van der Waals surface area contributed by atoms with E-state index in [9.17, 15) is 38.7 Å². The van der Waals surface area contributed by atoms with Gasteiger partial charge in [-0.15, -0.1) is 0 Å². The van der Waals surface area contributed by atoms with Gasteiger partial charge in [-0.05, 0) is 52.0 Å². The first-order chi connectivity index (χ1) is 22.5. The molecule has 0 aromatic carbocycles. The highest BCUT2D eigenvalue weighted by Gasteiger charge is 2.22. The van der Waals surface area contributed by atoms with Gasteiger partial charge >= 0.3 is 17.9 Å². The molecule has 0 spiro atoms. The van der Waals surface area contributed by atoms with Gasteiger partial charge in [0, 0.05) is 64.6 Å². The first kappa shape index (κ1) is 43.6. The van der Waals surface area contributed by atoms with Crippen LogP contribution < -0.4 is 16.0 Å². The average Bonchev–Trinajstić information content (AvgIpc) is 3.01. The van der Waals surface area contributed by atoms with Gasteiger partial charge in [-0.3, -0.25) is 33.6 Å². The summed E-state index contributed by atoms with van der Waals surface area (Å²) >= 11 is 0. The summed E-state index contributed by atoms with van der Waals surface area (Å²) < 4.78 is 10.8. The molecule has 0 radical (unpaired) electrons. The number of carbonyl (C=O) groups is 7. The average molecular weight is 674 g/mol. The maximum atomic E-state index is 12.3. The number of nitrogens with one attached hydrogen (secondary N) is 3. The van der Waals surface area contributed by atoms with Gasteiger partial charge in [0.1, 0.15) is 17.6 Å². The molecule has 0 aliphatic heterocycles. The summed E-state index contributed by atoms with van der Waals surface area (Å²) in [7, 11) is 1.56. The molecule has 0 rings (SSSR count). The standard InChI is InChI=1S/C32H55N3O12/c1-33-27(32(44)45)11-6-7-17-34-28(38)15-13-24(31(42)43)23-26(37)14-16-29(39)35-18-20-47-22-21-46-19-8-10-25(36)9-4-2-3-5-12-30(40)41/h24,27,33H,2-23H2,1H3,(H,34,38)(H,35,39)(H,40,41)(H,42,43)(H,44,45)/t24-,27+/m1/s1. The van der Waals surface area contributed by atoms with Crippen molar-refractivity contribution in [2.24, 2.45) is 5.92 Å². The molecule has 270 valence electrons. The Morgan fingerprint density at radius 2 is 1.17 bits per heavy atom. The van der Waals surface area contributed by atoms with Crippen molar-refractivity contribution in [1.82, 2.24) is 16.0 Å². The second kappa shape index (κ2) is 28.8. The fraction of sp³-hybridized carbons (Fsp3) is 0.781. The van der Waals surface area contributed by atoms with Gasteiger partial charge in [0.05, 0.1) is 25.7 Å². The number of carboxylic acid groups (broad SMARTS) is 3. The molecular formula is C32H55N3O12. The molecule has 0 saturated carbocycles. The highest BCUT2D eigenvalue weighted by molar-refractivity contribution is 5.87. The minimum Gasteiger partial charge on any atom is -0.481 e. The van der Waals surface area contributed by atoms with E-state index < -0.39 is 29.9 Å². The van der Waals surface area contributed by atoms with E-state index in [1.54, 1.807) is 7.05 Å². The summed E-state index contributed by atoms with van der Waals surface area (Å²) in [4.78, 5) is 81.2. The molecule has 15 heteroatoms.